The molecular weight excluding hydrogens is 432 g/mol. The maximum Gasteiger partial charge on any atom is 0.407 e. The van der Waals surface area contributed by atoms with Gasteiger partial charge in [0, 0.05) is 37.2 Å². The van der Waals surface area contributed by atoms with Gasteiger partial charge >= 0.3 is 6.09 Å². The Bertz CT molecular complexity index is 1070. The van der Waals surface area contributed by atoms with Gasteiger partial charge in [-0.2, -0.15) is 0 Å². The largest absolute Gasteiger partial charge is 0.449 e. The van der Waals surface area contributed by atoms with E-state index in [4.69, 9.17) is 4.74 Å². The van der Waals surface area contributed by atoms with Crippen LogP contribution in [0.3, 0.4) is 0 Å². The van der Waals surface area contributed by atoms with Crippen LogP contribution in [0.5, 0.6) is 0 Å². The second kappa shape index (κ2) is 10.6. The minimum atomic E-state index is -0.325. The van der Waals surface area contributed by atoms with Crippen LogP contribution in [0.15, 0.2) is 72.8 Å². The number of nitrogens with zero attached hydrogens (tertiary/aromatic N) is 1. The van der Waals surface area contributed by atoms with E-state index in [0.717, 1.165) is 32.4 Å². The molecule has 0 saturated carbocycles. The quantitative estimate of drug-likeness (QED) is 0.431. The summed E-state index contributed by atoms with van der Waals surface area (Å²) in [6.07, 6.45) is 2.74. The zero-order valence-corrected chi connectivity index (χ0v) is 20.9. The van der Waals surface area contributed by atoms with Gasteiger partial charge in [0.15, 0.2) is 0 Å². The van der Waals surface area contributed by atoms with Gasteiger partial charge < -0.3 is 15.0 Å². The van der Waals surface area contributed by atoms with Gasteiger partial charge in [-0.3, -0.25) is 0 Å². The van der Waals surface area contributed by atoms with Crippen LogP contribution in [-0.2, 0) is 11.2 Å². The lowest BCUT2D eigenvalue weighted by atomic mass is 9.75. The van der Waals surface area contributed by atoms with Crippen LogP contribution in [-0.4, -0.2) is 32.3 Å². The molecule has 1 N–H and O–H groups in total. The highest BCUT2D eigenvalue weighted by molar-refractivity contribution is 5.69. The minimum absolute atomic E-state index is 0.325. The highest BCUT2D eigenvalue weighted by atomic mass is 16.5. The molecule has 4 heteroatoms. The number of hydrogen-bond donors (Lipinski definition) is 1. The second-order valence-electron chi connectivity index (χ2n) is 10.3. The Morgan fingerprint density at radius 2 is 1.46 bits per heavy atom. The van der Waals surface area contributed by atoms with E-state index in [1.807, 2.05) is 13.8 Å². The number of benzene rings is 3. The van der Waals surface area contributed by atoms with Crippen LogP contribution in [0.1, 0.15) is 66.3 Å². The number of carbonyl (C=O) groups excluding carboxylic acids is 1. The smallest absolute Gasteiger partial charge is 0.407 e. The lowest BCUT2D eigenvalue weighted by molar-refractivity contribution is 0.133. The van der Waals surface area contributed by atoms with Crippen molar-refractivity contribution in [2.24, 2.45) is 5.92 Å². The summed E-state index contributed by atoms with van der Waals surface area (Å²) in [5.74, 6) is 1.14. The number of carbonyl (C=O) groups is 1. The molecule has 2 heterocycles. The highest BCUT2D eigenvalue weighted by Crippen LogP contribution is 2.48. The first-order valence-corrected chi connectivity index (χ1v) is 13.0. The first-order valence-electron chi connectivity index (χ1n) is 13.0. The molecule has 2 unspecified atom stereocenters. The van der Waals surface area contributed by atoms with Gasteiger partial charge in [-0.25, -0.2) is 4.79 Å². The molecule has 35 heavy (non-hydrogen) atoms. The van der Waals surface area contributed by atoms with Crippen molar-refractivity contribution < 1.29 is 9.53 Å². The van der Waals surface area contributed by atoms with E-state index < -0.39 is 0 Å². The second-order valence-corrected chi connectivity index (χ2v) is 10.3. The topological polar surface area (TPSA) is 41.6 Å². The summed E-state index contributed by atoms with van der Waals surface area (Å²) < 4.78 is 5.29. The number of nitrogens with one attached hydrogen (secondary N) is 1. The molecule has 3 aromatic carbocycles. The Kier molecular flexibility index (Phi) is 7.08. The highest BCUT2D eigenvalue weighted by Gasteiger charge is 2.34. The standard InChI is InChI=1S/C31H36N2O2/c1-22(2)21-35-31(34)32-16-13-23-19-28-26(24-9-5-3-6-10-24)14-17-33-18-15-27(29(20-23)30(28)33)25-11-7-4-8-12-25/h3-12,19-20,22,26-27H,13-18,21H2,1-2H3,(H,32,34). The number of rotatable bonds is 7. The molecule has 0 aromatic heterocycles. The fraction of sp³-hybridized carbons (Fsp3) is 0.387. The van der Waals surface area contributed by atoms with Crippen LogP contribution >= 0.6 is 0 Å². The molecule has 0 bridgehead atoms. The van der Waals surface area contributed by atoms with Crippen molar-refractivity contribution in [3.63, 3.8) is 0 Å². The molecule has 0 fully saturated rings. The fourth-order valence-corrected chi connectivity index (χ4v) is 5.67. The fourth-order valence-electron chi connectivity index (χ4n) is 5.67. The van der Waals surface area contributed by atoms with E-state index in [2.05, 4.69) is 83.0 Å². The molecule has 0 saturated heterocycles. The Balaban J connectivity index is 1.48. The average Bonchev–Trinajstić information content (AvgIpc) is 2.89. The van der Waals surface area contributed by atoms with Crippen molar-refractivity contribution in [3.05, 3.63) is 101 Å². The van der Waals surface area contributed by atoms with Crippen molar-refractivity contribution in [1.29, 1.82) is 0 Å². The summed E-state index contributed by atoms with van der Waals surface area (Å²) >= 11 is 0. The monoisotopic (exact) mass is 468 g/mol. The van der Waals surface area contributed by atoms with Gasteiger partial charge in [0.2, 0.25) is 0 Å². The minimum Gasteiger partial charge on any atom is -0.449 e. The first-order chi connectivity index (χ1) is 17.1. The normalized spacial score (nSPS) is 18.8. The Hall–Kier alpha value is -3.27. The van der Waals surface area contributed by atoms with Crippen LogP contribution in [0.2, 0.25) is 0 Å². The number of alkyl carbamates (subject to hydrolysis) is 1. The molecule has 2 atom stereocenters. The van der Waals surface area contributed by atoms with Crippen molar-refractivity contribution in [1.82, 2.24) is 5.32 Å². The van der Waals surface area contributed by atoms with Crippen molar-refractivity contribution >= 4 is 11.8 Å². The average molecular weight is 469 g/mol. The van der Waals surface area contributed by atoms with Crippen LogP contribution in [0.4, 0.5) is 10.5 Å². The summed E-state index contributed by atoms with van der Waals surface area (Å²) in [4.78, 5) is 14.7. The zero-order chi connectivity index (χ0) is 24.2. The van der Waals surface area contributed by atoms with E-state index in [1.165, 1.54) is 33.5 Å². The lowest BCUT2D eigenvalue weighted by Gasteiger charge is -2.43. The number of anilines is 1. The van der Waals surface area contributed by atoms with Gasteiger partial charge in [0.25, 0.3) is 0 Å². The molecule has 182 valence electrons. The third kappa shape index (κ3) is 5.22. The Morgan fingerprint density at radius 1 is 0.914 bits per heavy atom. The molecule has 0 radical (unpaired) electrons. The van der Waals surface area contributed by atoms with Crippen LogP contribution in [0.25, 0.3) is 0 Å². The molecule has 1 amide bonds. The van der Waals surface area contributed by atoms with Crippen LogP contribution in [0, 0.1) is 5.92 Å². The van der Waals surface area contributed by atoms with E-state index >= 15 is 0 Å². The van der Waals surface area contributed by atoms with Gasteiger partial charge in [-0.15, -0.1) is 0 Å². The van der Waals surface area contributed by atoms with Gasteiger partial charge in [-0.1, -0.05) is 86.6 Å². The number of hydrogen-bond acceptors (Lipinski definition) is 3. The maximum absolute atomic E-state index is 12.1. The molecule has 0 spiro atoms. The Labute approximate surface area is 209 Å². The molecule has 4 nitrogen and oxygen atoms in total. The molecular formula is C31H36N2O2. The maximum atomic E-state index is 12.1. The summed E-state index contributed by atoms with van der Waals surface area (Å²) in [7, 11) is 0. The predicted octanol–water partition coefficient (Wildman–Crippen LogP) is 6.49. The third-order valence-corrected chi connectivity index (χ3v) is 7.31. The van der Waals surface area contributed by atoms with Gasteiger partial charge in [0.1, 0.15) is 0 Å². The van der Waals surface area contributed by atoms with E-state index in [9.17, 15) is 4.79 Å². The molecule has 3 aromatic rings. The molecule has 2 aliphatic rings. The number of amides is 1. The van der Waals surface area contributed by atoms with E-state index in [1.54, 1.807) is 0 Å². The molecule has 2 aliphatic heterocycles. The molecule has 0 aliphatic carbocycles. The molecule has 5 rings (SSSR count). The Morgan fingerprint density at radius 3 is 1.97 bits per heavy atom. The van der Waals surface area contributed by atoms with E-state index in [0.29, 0.717) is 30.9 Å². The summed E-state index contributed by atoms with van der Waals surface area (Å²) in [6.45, 7) is 7.31. The van der Waals surface area contributed by atoms with E-state index in [-0.39, 0.29) is 6.09 Å². The predicted molar refractivity (Wildman–Crippen MR) is 142 cm³/mol. The lowest BCUT2D eigenvalue weighted by Crippen LogP contribution is -2.37. The van der Waals surface area contributed by atoms with Crippen molar-refractivity contribution in [2.45, 2.75) is 44.9 Å². The zero-order valence-electron chi connectivity index (χ0n) is 20.9. The SMILES string of the molecule is CC(C)COC(=O)NCCc1cc2c3c(c1)C(c1ccccc1)CCN3CCC2c1ccccc1. The van der Waals surface area contributed by atoms with Gasteiger partial charge in [-0.05, 0) is 53.0 Å². The van der Waals surface area contributed by atoms with Crippen LogP contribution < -0.4 is 10.2 Å². The number of ether oxygens (including phenoxy) is 1. The summed E-state index contributed by atoms with van der Waals surface area (Å²) in [6, 6.07) is 26.7. The van der Waals surface area contributed by atoms with Gasteiger partial charge in [0.05, 0.1) is 6.61 Å². The van der Waals surface area contributed by atoms with Crippen molar-refractivity contribution in [3.8, 4) is 0 Å². The third-order valence-electron chi connectivity index (χ3n) is 7.31. The summed E-state index contributed by atoms with van der Waals surface area (Å²) in [5.41, 5.74) is 8.40. The first kappa shape index (κ1) is 23.5. The van der Waals surface area contributed by atoms with Crippen molar-refractivity contribution in [2.75, 3.05) is 31.1 Å². The summed E-state index contributed by atoms with van der Waals surface area (Å²) in [5, 5.41) is 2.94.